The van der Waals surface area contributed by atoms with Crippen LogP contribution in [0.1, 0.15) is 5.56 Å². The topological polar surface area (TPSA) is 34.6 Å². The number of halogens is 1. The van der Waals surface area contributed by atoms with Gasteiger partial charge >= 0.3 is 0 Å². The van der Waals surface area contributed by atoms with E-state index in [1.54, 1.807) is 13.3 Å². The predicted octanol–water partition coefficient (Wildman–Crippen LogP) is 3.25. The second-order valence-corrected chi connectivity index (χ2v) is 5.51. The Balaban J connectivity index is 1.85. The summed E-state index contributed by atoms with van der Waals surface area (Å²) < 4.78 is 11.9. The van der Waals surface area contributed by atoms with Gasteiger partial charge in [-0.15, -0.1) is 0 Å². The van der Waals surface area contributed by atoms with Crippen LogP contribution in [0.2, 0.25) is 0 Å². The lowest BCUT2D eigenvalue weighted by molar-refractivity contribution is 0.304. The number of methoxy groups -OCH3 is 1. The number of nitrogens with zero attached hydrogens (tertiary/aromatic N) is 2. The maximum absolute atomic E-state index is 5.66. The minimum Gasteiger partial charge on any atom is -0.497 e. The number of hydrogen-bond acceptors (Lipinski definition) is 4. The summed E-state index contributed by atoms with van der Waals surface area (Å²) in [5.74, 6) is 2.59. The van der Waals surface area contributed by atoms with Gasteiger partial charge in [0.15, 0.2) is 11.6 Å². The minimum absolute atomic E-state index is 0.676. The Morgan fingerprint density at radius 1 is 1.40 bits per heavy atom. The third kappa shape index (κ3) is 2.72. The van der Waals surface area contributed by atoms with Crippen molar-refractivity contribution in [3.63, 3.8) is 0 Å². The summed E-state index contributed by atoms with van der Waals surface area (Å²) in [7, 11) is 1.68. The van der Waals surface area contributed by atoms with E-state index in [0.717, 1.165) is 34.9 Å². The third-order valence-corrected chi connectivity index (χ3v) is 3.66. The van der Waals surface area contributed by atoms with Crippen LogP contribution >= 0.6 is 15.9 Å². The zero-order valence-electron chi connectivity index (χ0n) is 11.2. The summed E-state index contributed by atoms with van der Waals surface area (Å²) in [4.78, 5) is 6.68. The maximum Gasteiger partial charge on any atom is 0.171 e. The van der Waals surface area contributed by atoms with Crippen LogP contribution in [0.5, 0.6) is 11.5 Å². The Labute approximate surface area is 126 Å². The summed E-state index contributed by atoms with van der Waals surface area (Å²) in [5, 5.41) is 0. The summed E-state index contributed by atoms with van der Waals surface area (Å²) in [5.41, 5.74) is 1.20. The highest BCUT2D eigenvalue weighted by molar-refractivity contribution is 9.10. The van der Waals surface area contributed by atoms with E-state index in [1.807, 2.05) is 24.3 Å². The maximum atomic E-state index is 5.66. The van der Waals surface area contributed by atoms with Crippen LogP contribution < -0.4 is 14.4 Å². The molecule has 0 N–H and O–H groups in total. The van der Waals surface area contributed by atoms with Crippen LogP contribution in [0.25, 0.3) is 0 Å². The fourth-order valence-corrected chi connectivity index (χ4v) is 2.58. The first-order valence-corrected chi connectivity index (χ1v) is 7.22. The summed E-state index contributed by atoms with van der Waals surface area (Å²) in [6, 6.07) is 10.1. The molecule has 0 amide bonds. The Bertz CT molecular complexity index is 619. The van der Waals surface area contributed by atoms with E-state index in [9.17, 15) is 0 Å². The van der Waals surface area contributed by atoms with Crippen molar-refractivity contribution in [1.82, 2.24) is 4.98 Å². The molecule has 0 unspecified atom stereocenters. The average Bonchev–Trinajstić information content (AvgIpc) is 2.47. The fraction of sp³-hybridized carbons (Fsp3) is 0.267. The van der Waals surface area contributed by atoms with Crippen LogP contribution in [0.4, 0.5) is 5.82 Å². The van der Waals surface area contributed by atoms with E-state index in [0.29, 0.717) is 6.61 Å². The molecule has 1 aromatic heterocycles. The van der Waals surface area contributed by atoms with Crippen molar-refractivity contribution >= 4 is 21.7 Å². The van der Waals surface area contributed by atoms with Crippen LogP contribution in [-0.4, -0.2) is 25.2 Å². The highest BCUT2D eigenvalue weighted by Gasteiger charge is 2.20. The Morgan fingerprint density at radius 3 is 3.15 bits per heavy atom. The van der Waals surface area contributed by atoms with Gasteiger partial charge in [0.25, 0.3) is 0 Å². The molecule has 0 spiro atoms. The molecule has 0 saturated heterocycles. The number of aromatic nitrogens is 1. The molecule has 20 heavy (non-hydrogen) atoms. The molecule has 1 aliphatic heterocycles. The smallest absolute Gasteiger partial charge is 0.171 e. The SMILES string of the molecule is COc1cccc(CN2CCOc3cc(Br)cnc32)c1. The van der Waals surface area contributed by atoms with Crippen molar-refractivity contribution < 1.29 is 9.47 Å². The van der Waals surface area contributed by atoms with Gasteiger partial charge in [0, 0.05) is 17.2 Å². The van der Waals surface area contributed by atoms with Crippen LogP contribution in [0.3, 0.4) is 0 Å². The Morgan fingerprint density at radius 2 is 2.30 bits per heavy atom. The molecule has 0 saturated carbocycles. The Hall–Kier alpha value is -1.75. The largest absolute Gasteiger partial charge is 0.497 e. The number of ether oxygens (including phenoxy) is 2. The van der Waals surface area contributed by atoms with E-state index in [1.165, 1.54) is 5.56 Å². The molecule has 2 heterocycles. The van der Waals surface area contributed by atoms with Gasteiger partial charge in [-0.05, 0) is 39.7 Å². The standard InChI is InChI=1S/C15H15BrN2O2/c1-19-13-4-2-3-11(7-13)10-18-5-6-20-14-8-12(16)9-17-15(14)18/h2-4,7-9H,5-6,10H2,1H3. The summed E-state index contributed by atoms with van der Waals surface area (Å²) in [6.07, 6.45) is 1.80. The second-order valence-electron chi connectivity index (χ2n) is 4.60. The molecule has 1 aromatic carbocycles. The fourth-order valence-electron chi connectivity index (χ4n) is 2.27. The molecule has 0 radical (unpaired) electrons. The predicted molar refractivity (Wildman–Crippen MR) is 81.5 cm³/mol. The lowest BCUT2D eigenvalue weighted by Crippen LogP contribution is -2.33. The van der Waals surface area contributed by atoms with Crippen molar-refractivity contribution in [1.29, 1.82) is 0 Å². The molecule has 0 atom stereocenters. The van der Waals surface area contributed by atoms with Crippen molar-refractivity contribution in [3.8, 4) is 11.5 Å². The van der Waals surface area contributed by atoms with E-state index < -0.39 is 0 Å². The quantitative estimate of drug-likeness (QED) is 0.862. The Kier molecular flexibility index (Phi) is 3.78. The molecule has 0 fully saturated rings. The first-order valence-electron chi connectivity index (χ1n) is 6.42. The summed E-state index contributed by atoms with van der Waals surface area (Å²) >= 11 is 3.42. The van der Waals surface area contributed by atoms with Crippen molar-refractivity contribution in [2.24, 2.45) is 0 Å². The van der Waals surface area contributed by atoms with E-state index in [4.69, 9.17) is 9.47 Å². The zero-order chi connectivity index (χ0) is 13.9. The van der Waals surface area contributed by atoms with Gasteiger partial charge in [-0.1, -0.05) is 12.1 Å². The minimum atomic E-state index is 0.676. The zero-order valence-corrected chi connectivity index (χ0v) is 12.8. The first-order chi connectivity index (χ1) is 9.76. The lowest BCUT2D eigenvalue weighted by Gasteiger charge is -2.30. The first kappa shape index (κ1) is 13.2. The third-order valence-electron chi connectivity index (χ3n) is 3.23. The molecule has 2 aromatic rings. The highest BCUT2D eigenvalue weighted by atomic mass is 79.9. The monoisotopic (exact) mass is 334 g/mol. The molecular weight excluding hydrogens is 320 g/mol. The molecular formula is C15H15BrN2O2. The molecule has 1 aliphatic rings. The molecule has 104 valence electrons. The molecule has 5 heteroatoms. The number of pyridine rings is 1. The number of rotatable bonds is 3. The van der Waals surface area contributed by atoms with E-state index >= 15 is 0 Å². The molecule has 0 bridgehead atoms. The van der Waals surface area contributed by atoms with Crippen molar-refractivity contribution in [2.75, 3.05) is 25.2 Å². The van der Waals surface area contributed by atoms with Crippen LogP contribution in [0, 0.1) is 0 Å². The molecule has 0 aliphatic carbocycles. The lowest BCUT2D eigenvalue weighted by atomic mass is 10.2. The molecule has 3 rings (SSSR count). The number of benzene rings is 1. The summed E-state index contributed by atoms with van der Waals surface area (Å²) in [6.45, 7) is 2.30. The van der Waals surface area contributed by atoms with E-state index in [2.05, 4.69) is 31.9 Å². The molecule has 4 nitrogen and oxygen atoms in total. The van der Waals surface area contributed by atoms with E-state index in [-0.39, 0.29) is 0 Å². The van der Waals surface area contributed by atoms with Crippen molar-refractivity contribution in [2.45, 2.75) is 6.54 Å². The van der Waals surface area contributed by atoms with Crippen molar-refractivity contribution in [3.05, 3.63) is 46.6 Å². The number of anilines is 1. The average molecular weight is 335 g/mol. The van der Waals surface area contributed by atoms with Gasteiger partial charge in [0.2, 0.25) is 0 Å². The number of hydrogen-bond donors (Lipinski definition) is 0. The van der Waals surface area contributed by atoms with Gasteiger partial charge in [-0.2, -0.15) is 0 Å². The van der Waals surface area contributed by atoms with Gasteiger partial charge in [-0.3, -0.25) is 0 Å². The highest BCUT2D eigenvalue weighted by Crippen LogP contribution is 2.32. The number of fused-ring (bicyclic) bond motifs is 1. The second kappa shape index (κ2) is 5.71. The van der Waals surface area contributed by atoms with Crippen LogP contribution in [0.15, 0.2) is 41.0 Å². The van der Waals surface area contributed by atoms with Gasteiger partial charge < -0.3 is 14.4 Å². The van der Waals surface area contributed by atoms with Gasteiger partial charge in [0.1, 0.15) is 12.4 Å². The van der Waals surface area contributed by atoms with Gasteiger partial charge in [-0.25, -0.2) is 4.98 Å². The van der Waals surface area contributed by atoms with Crippen LogP contribution in [-0.2, 0) is 6.54 Å². The van der Waals surface area contributed by atoms with Gasteiger partial charge in [0.05, 0.1) is 13.7 Å². The normalized spacial score (nSPS) is 13.6.